The highest BCUT2D eigenvalue weighted by molar-refractivity contribution is 14.0. The van der Waals surface area contributed by atoms with Crippen LogP contribution in [0.3, 0.4) is 0 Å². The zero-order valence-electron chi connectivity index (χ0n) is 13.1. The average molecular weight is 411 g/mol. The van der Waals surface area contributed by atoms with Crippen molar-refractivity contribution in [2.45, 2.75) is 63.0 Å². The molecule has 0 bridgehead atoms. The molecular formula is C15H30IN3O2. The fraction of sp³-hybridized carbons (Fsp3) is 0.933. The molecule has 0 radical (unpaired) electrons. The molecule has 0 unspecified atom stereocenters. The molecule has 1 aliphatic heterocycles. The Labute approximate surface area is 145 Å². The van der Waals surface area contributed by atoms with Crippen molar-refractivity contribution >= 4 is 29.9 Å². The summed E-state index contributed by atoms with van der Waals surface area (Å²) in [6, 6.07) is 0.495. The van der Waals surface area contributed by atoms with Crippen LogP contribution < -0.4 is 11.1 Å². The molecule has 0 aromatic carbocycles. The van der Waals surface area contributed by atoms with Crippen LogP contribution in [-0.4, -0.2) is 44.5 Å². The number of guanidine groups is 1. The van der Waals surface area contributed by atoms with Crippen molar-refractivity contribution in [1.29, 1.82) is 0 Å². The number of methoxy groups -OCH3 is 1. The van der Waals surface area contributed by atoms with E-state index in [2.05, 4.69) is 10.3 Å². The van der Waals surface area contributed by atoms with Gasteiger partial charge >= 0.3 is 0 Å². The molecule has 5 nitrogen and oxygen atoms in total. The highest BCUT2D eigenvalue weighted by Crippen LogP contribution is 2.24. The predicted octanol–water partition coefficient (Wildman–Crippen LogP) is 2.43. The van der Waals surface area contributed by atoms with E-state index in [0.717, 1.165) is 26.1 Å². The van der Waals surface area contributed by atoms with Gasteiger partial charge in [-0.25, -0.2) is 0 Å². The van der Waals surface area contributed by atoms with Gasteiger partial charge in [-0.1, -0.05) is 25.7 Å². The molecular weight excluding hydrogens is 381 g/mol. The van der Waals surface area contributed by atoms with Crippen molar-refractivity contribution in [3.05, 3.63) is 0 Å². The number of nitrogens with one attached hydrogen (secondary N) is 1. The molecule has 1 saturated carbocycles. The number of rotatable bonds is 4. The lowest BCUT2D eigenvalue weighted by Crippen LogP contribution is -2.44. The van der Waals surface area contributed by atoms with Gasteiger partial charge in [0.1, 0.15) is 0 Å². The van der Waals surface area contributed by atoms with Crippen LogP contribution in [0.15, 0.2) is 4.99 Å². The second-order valence-corrected chi connectivity index (χ2v) is 6.03. The fourth-order valence-electron chi connectivity index (χ4n) is 3.08. The zero-order valence-corrected chi connectivity index (χ0v) is 15.4. The molecule has 21 heavy (non-hydrogen) atoms. The van der Waals surface area contributed by atoms with Crippen molar-refractivity contribution in [3.63, 3.8) is 0 Å². The first-order valence-corrected chi connectivity index (χ1v) is 7.93. The highest BCUT2D eigenvalue weighted by Gasteiger charge is 2.32. The van der Waals surface area contributed by atoms with Gasteiger partial charge in [0.15, 0.2) is 5.96 Å². The van der Waals surface area contributed by atoms with Gasteiger partial charge in [0, 0.05) is 39.2 Å². The third kappa shape index (κ3) is 6.28. The summed E-state index contributed by atoms with van der Waals surface area (Å²) >= 11 is 0. The lowest BCUT2D eigenvalue weighted by Gasteiger charge is -2.34. The van der Waals surface area contributed by atoms with Crippen molar-refractivity contribution in [1.82, 2.24) is 5.32 Å². The number of ether oxygens (including phenoxy) is 2. The van der Waals surface area contributed by atoms with E-state index in [1.165, 1.54) is 38.5 Å². The Morgan fingerprint density at radius 3 is 2.43 bits per heavy atom. The van der Waals surface area contributed by atoms with Crippen molar-refractivity contribution in [2.75, 3.05) is 26.9 Å². The molecule has 1 saturated heterocycles. The van der Waals surface area contributed by atoms with E-state index in [1.807, 2.05) is 0 Å². The van der Waals surface area contributed by atoms with E-state index in [4.69, 9.17) is 15.2 Å². The molecule has 3 N–H and O–H groups in total. The van der Waals surface area contributed by atoms with E-state index < -0.39 is 0 Å². The fourth-order valence-corrected chi connectivity index (χ4v) is 3.08. The number of halogens is 1. The van der Waals surface area contributed by atoms with Crippen LogP contribution in [0.2, 0.25) is 0 Å². The minimum atomic E-state index is -0.187. The Morgan fingerprint density at radius 1 is 1.24 bits per heavy atom. The highest BCUT2D eigenvalue weighted by atomic mass is 127. The number of nitrogens with zero attached hydrogens (tertiary/aromatic N) is 1. The van der Waals surface area contributed by atoms with Crippen molar-refractivity contribution < 1.29 is 9.47 Å². The van der Waals surface area contributed by atoms with Gasteiger partial charge in [-0.2, -0.15) is 0 Å². The summed E-state index contributed by atoms with van der Waals surface area (Å²) in [5.74, 6) is 0.569. The average Bonchev–Trinajstić information content (AvgIpc) is 2.75. The van der Waals surface area contributed by atoms with Crippen molar-refractivity contribution in [2.24, 2.45) is 10.7 Å². The van der Waals surface area contributed by atoms with E-state index in [0.29, 0.717) is 18.5 Å². The monoisotopic (exact) mass is 411 g/mol. The quantitative estimate of drug-likeness (QED) is 0.323. The maximum Gasteiger partial charge on any atom is 0.188 e. The minimum Gasteiger partial charge on any atom is -0.381 e. The second kappa shape index (κ2) is 9.84. The van der Waals surface area contributed by atoms with E-state index in [1.54, 1.807) is 7.11 Å². The van der Waals surface area contributed by atoms with E-state index >= 15 is 0 Å². The summed E-state index contributed by atoms with van der Waals surface area (Å²) in [7, 11) is 1.76. The molecule has 0 spiro atoms. The topological polar surface area (TPSA) is 68.9 Å². The Kier molecular flexibility index (Phi) is 8.89. The SMILES string of the molecule is COC1(CN=C(N)NC2CCCCCC2)CCOCC1.I. The maximum absolute atomic E-state index is 6.04. The Balaban J connectivity index is 0.00000220. The molecule has 0 aromatic rings. The molecule has 6 heteroatoms. The van der Waals surface area contributed by atoms with Gasteiger partial charge in [0.05, 0.1) is 12.1 Å². The third-order valence-electron chi connectivity index (χ3n) is 4.58. The summed E-state index contributed by atoms with van der Waals surface area (Å²) in [4.78, 5) is 4.52. The van der Waals surface area contributed by atoms with Crippen LogP contribution in [-0.2, 0) is 9.47 Å². The van der Waals surface area contributed by atoms with Crippen LogP contribution in [0, 0.1) is 0 Å². The molecule has 1 aliphatic carbocycles. The smallest absolute Gasteiger partial charge is 0.188 e. The third-order valence-corrected chi connectivity index (χ3v) is 4.58. The van der Waals surface area contributed by atoms with E-state index in [9.17, 15) is 0 Å². The largest absolute Gasteiger partial charge is 0.381 e. The van der Waals surface area contributed by atoms with Crippen LogP contribution in [0.1, 0.15) is 51.4 Å². The summed E-state index contributed by atoms with van der Waals surface area (Å²) in [5.41, 5.74) is 5.85. The van der Waals surface area contributed by atoms with Gasteiger partial charge in [-0.15, -0.1) is 24.0 Å². The number of nitrogens with two attached hydrogens (primary N) is 1. The first kappa shape index (κ1) is 19.0. The molecule has 1 heterocycles. The molecule has 2 aliphatic rings. The summed E-state index contributed by atoms with van der Waals surface area (Å²) in [6.07, 6.45) is 9.49. The van der Waals surface area contributed by atoms with Crippen LogP contribution >= 0.6 is 24.0 Å². The first-order valence-electron chi connectivity index (χ1n) is 7.93. The molecule has 2 rings (SSSR count). The lowest BCUT2D eigenvalue weighted by atomic mass is 9.94. The Hall–Kier alpha value is -0.0800. The van der Waals surface area contributed by atoms with Gasteiger partial charge in [-0.3, -0.25) is 4.99 Å². The maximum atomic E-state index is 6.04. The van der Waals surface area contributed by atoms with Crippen LogP contribution in [0.4, 0.5) is 0 Å². The van der Waals surface area contributed by atoms with Gasteiger partial charge in [0.25, 0.3) is 0 Å². The normalized spacial score (nSPS) is 24.0. The van der Waals surface area contributed by atoms with E-state index in [-0.39, 0.29) is 29.6 Å². The minimum absolute atomic E-state index is 0. The molecule has 0 atom stereocenters. The van der Waals surface area contributed by atoms with Crippen LogP contribution in [0.5, 0.6) is 0 Å². The standard InChI is InChI=1S/C15H29N3O2.HI/c1-19-15(8-10-20-11-9-15)12-17-14(16)18-13-6-4-2-3-5-7-13;/h13H,2-12H2,1H3,(H3,16,17,18);1H. The predicted molar refractivity (Wildman–Crippen MR) is 96.3 cm³/mol. The number of aliphatic imine (C=N–C) groups is 1. The summed E-state index contributed by atoms with van der Waals surface area (Å²) < 4.78 is 11.1. The molecule has 0 amide bonds. The zero-order chi connectivity index (χ0) is 14.3. The molecule has 2 fully saturated rings. The first-order chi connectivity index (χ1) is 9.74. The molecule has 124 valence electrons. The lowest BCUT2D eigenvalue weighted by molar-refractivity contribution is -0.0828. The number of hydrogen-bond acceptors (Lipinski definition) is 3. The summed E-state index contributed by atoms with van der Waals surface area (Å²) in [6.45, 7) is 2.12. The van der Waals surface area contributed by atoms with Gasteiger partial charge < -0.3 is 20.5 Å². The second-order valence-electron chi connectivity index (χ2n) is 6.03. The Morgan fingerprint density at radius 2 is 1.86 bits per heavy atom. The van der Waals surface area contributed by atoms with Crippen LogP contribution in [0.25, 0.3) is 0 Å². The van der Waals surface area contributed by atoms with Gasteiger partial charge in [0.2, 0.25) is 0 Å². The number of hydrogen-bond donors (Lipinski definition) is 2. The van der Waals surface area contributed by atoms with Gasteiger partial charge in [-0.05, 0) is 12.8 Å². The van der Waals surface area contributed by atoms with Crippen molar-refractivity contribution in [3.8, 4) is 0 Å². The summed E-state index contributed by atoms with van der Waals surface area (Å²) in [5, 5.41) is 3.38. The Bertz CT molecular complexity index is 312. The molecule has 0 aromatic heterocycles.